The van der Waals surface area contributed by atoms with E-state index in [9.17, 15) is 13.2 Å². The van der Waals surface area contributed by atoms with Crippen LogP contribution in [0.25, 0.3) is 0 Å². The molecule has 7 heavy (non-hydrogen) atoms. The van der Waals surface area contributed by atoms with E-state index in [1.807, 2.05) is 0 Å². The van der Waals surface area contributed by atoms with Crippen LogP contribution in [0.2, 0.25) is 0 Å². The molecule has 0 atom stereocenters. The molecular formula is C2H2F3OY-. The zero-order valence-electron chi connectivity index (χ0n) is 3.33. The summed E-state index contributed by atoms with van der Waals surface area (Å²) in [6.07, 6.45) is -4.57. The summed E-state index contributed by atoms with van der Waals surface area (Å²) in [5, 5.41) is 0. The van der Waals surface area contributed by atoms with E-state index in [1.165, 1.54) is 0 Å². The minimum atomic E-state index is -4.57. The zero-order chi connectivity index (χ0) is 5.21. The van der Waals surface area contributed by atoms with Crippen LogP contribution in [0.15, 0.2) is 0 Å². The maximum atomic E-state index is 10.5. The maximum absolute atomic E-state index is 10.5. The monoisotopic (exact) mass is 188 g/mol. The fraction of sp³-hybridized carbons (Fsp3) is 0.500. The van der Waals surface area contributed by atoms with Gasteiger partial charge in [-0.3, -0.25) is 0 Å². The Morgan fingerprint density at radius 3 is 1.43 bits per heavy atom. The third kappa shape index (κ3) is 10.9. The fourth-order valence-electron chi connectivity index (χ4n) is 0. The van der Waals surface area contributed by atoms with Crippen molar-refractivity contribution in [2.75, 3.05) is 0 Å². The number of hydrogen-bond donors (Lipinski definition) is 0. The fourth-order valence-corrected chi connectivity index (χ4v) is 0. The Hall–Kier alpha value is 0.854. The first-order chi connectivity index (χ1) is 2.56. The average Bonchev–Trinajstić information content (AvgIpc) is 1.35. The Kier molecular flexibility index (Phi) is 5.86. The van der Waals surface area contributed by atoms with E-state index >= 15 is 0 Å². The molecule has 0 aliphatic carbocycles. The van der Waals surface area contributed by atoms with Crippen molar-refractivity contribution >= 4 is 0 Å². The van der Waals surface area contributed by atoms with E-state index in [0.29, 0.717) is 0 Å². The van der Waals surface area contributed by atoms with Crippen molar-refractivity contribution in [1.82, 2.24) is 0 Å². The predicted octanol–water partition coefficient (Wildman–Crippen LogP) is 1.31. The Morgan fingerprint density at radius 2 is 1.43 bits per heavy atom. The first-order valence-corrected chi connectivity index (χ1v) is 1.06. The Morgan fingerprint density at radius 1 is 1.29 bits per heavy atom. The van der Waals surface area contributed by atoms with Crippen LogP contribution >= 0.6 is 0 Å². The largest absolute Gasteiger partial charge is 0.491 e. The topological polar surface area (TPSA) is 9.23 Å². The van der Waals surface area contributed by atoms with E-state index in [-0.39, 0.29) is 32.7 Å². The van der Waals surface area contributed by atoms with Gasteiger partial charge < -0.3 is 4.74 Å². The minimum absolute atomic E-state index is 0. The van der Waals surface area contributed by atoms with Gasteiger partial charge in [-0.15, -0.1) is 13.2 Å². The average molecular weight is 188 g/mol. The van der Waals surface area contributed by atoms with Crippen molar-refractivity contribution in [3.05, 3.63) is 7.11 Å². The molecule has 0 aliphatic rings. The summed E-state index contributed by atoms with van der Waals surface area (Å²) in [6, 6.07) is 0. The summed E-state index contributed by atoms with van der Waals surface area (Å²) < 4.78 is 34.2. The molecule has 0 unspecified atom stereocenters. The molecule has 0 fully saturated rings. The molecular weight excluding hydrogens is 186 g/mol. The molecule has 1 radical (unpaired) electrons. The molecule has 1 nitrogen and oxygen atoms in total. The molecule has 0 amide bonds. The second kappa shape index (κ2) is 3.81. The summed E-state index contributed by atoms with van der Waals surface area (Å²) in [5.41, 5.74) is 0. The molecule has 0 aromatic heterocycles. The van der Waals surface area contributed by atoms with Crippen LogP contribution < -0.4 is 0 Å². The van der Waals surface area contributed by atoms with E-state index in [1.54, 1.807) is 0 Å². The summed E-state index contributed by atoms with van der Waals surface area (Å²) in [4.78, 5) is 0. The zero-order valence-corrected chi connectivity index (χ0v) is 6.16. The van der Waals surface area contributed by atoms with Crippen LogP contribution in [-0.4, -0.2) is 6.36 Å². The predicted molar refractivity (Wildman–Crippen MR) is 12.5 cm³/mol. The molecule has 0 aromatic carbocycles. The molecule has 0 bridgehead atoms. The Bertz CT molecular complexity index is 42.7. The third-order valence-corrected chi connectivity index (χ3v) is 0.164. The van der Waals surface area contributed by atoms with Gasteiger partial charge >= 0.3 is 6.36 Å². The van der Waals surface area contributed by atoms with Crippen molar-refractivity contribution in [2.24, 2.45) is 0 Å². The number of hydrogen-bond acceptors (Lipinski definition) is 1. The van der Waals surface area contributed by atoms with Crippen molar-refractivity contribution < 1.29 is 50.6 Å². The molecule has 0 saturated heterocycles. The first kappa shape index (κ1) is 10.8. The van der Waals surface area contributed by atoms with E-state index < -0.39 is 6.36 Å². The molecule has 0 spiro atoms. The number of rotatable bonds is 0. The molecule has 0 aliphatic heterocycles. The second-order valence-corrected chi connectivity index (χ2v) is 0.590. The summed E-state index contributed by atoms with van der Waals surface area (Å²) >= 11 is 0. The van der Waals surface area contributed by atoms with Crippen LogP contribution in [-0.2, 0) is 37.4 Å². The van der Waals surface area contributed by atoms with Gasteiger partial charge in [0.15, 0.2) is 0 Å². The third-order valence-electron chi connectivity index (χ3n) is 0.164. The summed E-state index contributed by atoms with van der Waals surface area (Å²) in [7, 11) is 2.13. The number of ether oxygens (including phenoxy) is 1. The summed E-state index contributed by atoms with van der Waals surface area (Å²) in [6.45, 7) is 0. The molecule has 41 valence electrons. The number of alkyl halides is 3. The Labute approximate surface area is 64.1 Å². The van der Waals surface area contributed by atoms with Gasteiger partial charge in [0, 0.05) is 32.7 Å². The molecule has 0 rings (SSSR count). The van der Waals surface area contributed by atoms with Crippen molar-refractivity contribution in [3.8, 4) is 0 Å². The SMILES string of the molecule is [CH2-]OC(F)(F)F.[Y]. The maximum Gasteiger partial charge on any atom is 0.491 e. The van der Waals surface area contributed by atoms with Crippen LogP contribution in [0.5, 0.6) is 0 Å². The van der Waals surface area contributed by atoms with Gasteiger partial charge in [0.2, 0.25) is 0 Å². The van der Waals surface area contributed by atoms with Crippen LogP contribution in [0.3, 0.4) is 0 Å². The molecule has 0 aromatic rings. The first-order valence-electron chi connectivity index (χ1n) is 1.06. The molecule has 0 N–H and O–H groups in total. The van der Waals surface area contributed by atoms with Gasteiger partial charge in [0.25, 0.3) is 0 Å². The minimum Gasteiger partial charge on any atom is -0.473 e. The van der Waals surface area contributed by atoms with Crippen molar-refractivity contribution in [3.63, 3.8) is 0 Å². The van der Waals surface area contributed by atoms with Gasteiger partial charge in [-0.2, -0.15) is 0 Å². The van der Waals surface area contributed by atoms with Gasteiger partial charge in [0.05, 0.1) is 0 Å². The Balaban J connectivity index is 0. The summed E-state index contributed by atoms with van der Waals surface area (Å²) in [5.74, 6) is 0. The molecule has 0 saturated carbocycles. The van der Waals surface area contributed by atoms with Gasteiger partial charge in [-0.25, -0.2) is 7.11 Å². The van der Waals surface area contributed by atoms with E-state index in [4.69, 9.17) is 0 Å². The van der Waals surface area contributed by atoms with Crippen LogP contribution in [0, 0.1) is 7.11 Å². The standard InChI is InChI=1S/C2H2F3O.Y/c1-6-2(3,4)5;/h1H2;/q-1;. The van der Waals surface area contributed by atoms with Crippen LogP contribution in [0.4, 0.5) is 13.2 Å². The molecule has 5 heteroatoms. The molecule has 0 heterocycles. The smallest absolute Gasteiger partial charge is 0.473 e. The van der Waals surface area contributed by atoms with Crippen LogP contribution in [0.1, 0.15) is 0 Å². The van der Waals surface area contributed by atoms with Crippen molar-refractivity contribution in [2.45, 2.75) is 6.36 Å². The number of halogens is 3. The van der Waals surface area contributed by atoms with Crippen molar-refractivity contribution in [1.29, 1.82) is 0 Å². The second-order valence-electron chi connectivity index (χ2n) is 0.590. The normalized spacial score (nSPS) is 10.3. The van der Waals surface area contributed by atoms with Gasteiger partial charge in [0.1, 0.15) is 0 Å². The van der Waals surface area contributed by atoms with E-state index in [0.717, 1.165) is 0 Å². The van der Waals surface area contributed by atoms with Gasteiger partial charge in [-0.05, 0) is 0 Å². The van der Waals surface area contributed by atoms with E-state index in [2.05, 4.69) is 11.8 Å². The van der Waals surface area contributed by atoms with Gasteiger partial charge in [-0.1, -0.05) is 0 Å². The quantitative estimate of drug-likeness (QED) is 0.520.